The van der Waals surface area contributed by atoms with Crippen LogP contribution in [0.15, 0.2) is 67.1 Å². The Kier molecular flexibility index (Phi) is 4.24. The summed E-state index contributed by atoms with van der Waals surface area (Å²) in [5.41, 5.74) is 2.46. The molecule has 0 unspecified atom stereocenters. The Balaban J connectivity index is 1.86. The van der Waals surface area contributed by atoms with Crippen molar-refractivity contribution in [3.63, 3.8) is 0 Å². The maximum absolute atomic E-state index is 12.5. The van der Waals surface area contributed by atoms with Crippen LogP contribution in [0.1, 0.15) is 34.6 Å². The van der Waals surface area contributed by atoms with Crippen molar-refractivity contribution in [2.45, 2.75) is 19.9 Å². The average molecular weight is 306 g/mol. The maximum Gasteiger partial charge on any atom is 0.362 e. The first kappa shape index (κ1) is 15.0. The van der Waals surface area contributed by atoms with Gasteiger partial charge in [0.1, 0.15) is 11.4 Å². The van der Waals surface area contributed by atoms with E-state index in [0.29, 0.717) is 11.4 Å². The topological polar surface area (TPSA) is 44.1 Å². The lowest BCUT2D eigenvalue weighted by Gasteiger charge is -2.16. The average Bonchev–Trinajstić information content (AvgIpc) is 3.07. The number of rotatable bonds is 4. The minimum absolute atomic E-state index is 0.00174. The summed E-state index contributed by atoms with van der Waals surface area (Å²) < 4.78 is 7.35. The minimum Gasteiger partial charge on any atom is -0.422 e. The first-order valence-electron chi connectivity index (χ1n) is 7.51. The molecule has 3 aromatic rings. The molecule has 0 aliphatic carbocycles. The molecule has 4 heteroatoms. The van der Waals surface area contributed by atoms with Gasteiger partial charge in [-0.2, -0.15) is 0 Å². The number of hydrogen-bond acceptors (Lipinski definition) is 3. The highest BCUT2D eigenvalue weighted by Gasteiger charge is 2.19. The van der Waals surface area contributed by atoms with E-state index >= 15 is 0 Å². The van der Waals surface area contributed by atoms with Crippen molar-refractivity contribution in [1.82, 2.24) is 9.55 Å². The Morgan fingerprint density at radius 2 is 1.78 bits per heavy atom. The largest absolute Gasteiger partial charge is 0.422 e. The predicted octanol–water partition coefficient (Wildman–Crippen LogP) is 4.02. The van der Waals surface area contributed by atoms with Crippen molar-refractivity contribution in [3.8, 4) is 5.75 Å². The van der Waals surface area contributed by atoms with Gasteiger partial charge in [-0.05, 0) is 31.0 Å². The Hall–Kier alpha value is -2.88. The minimum atomic E-state index is -0.403. The lowest BCUT2D eigenvalue weighted by Crippen LogP contribution is -2.17. The third kappa shape index (κ3) is 3.16. The fraction of sp³-hybridized carbons (Fsp3) is 0.158. The summed E-state index contributed by atoms with van der Waals surface area (Å²) in [4.78, 5) is 16.6. The molecule has 0 N–H and O–H groups in total. The number of hydrogen-bond donors (Lipinski definition) is 0. The molecule has 116 valence electrons. The Labute approximate surface area is 135 Å². The number of para-hydroxylation sites is 1. The van der Waals surface area contributed by atoms with Gasteiger partial charge in [0, 0.05) is 0 Å². The van der Waals surface area contributed by atoms with E-state index in [-0.39, 0.29) is 6.04 Å². The van der Waals surface area contributed by atoms with Crippen LogP contribution >= 0.6 is 0 Å². The van der Waals surface area contributed by atoms with E-state index in [1.54, 1.807) is 18.6 Å². The van der Waals surface area contributed by atoms with Crippen molar-refractivity contribution in [3.05, 3.63) is 83.9 Å². The maximum atomic E-state index is 12.5. The van der Waals surface area contributed by atoms with Crippen LogP contribution in [-0.4, -0.2) is 15.5 Å². The van der Waals surface area contributed by atoms with Gasteiger partial charge in [0.25, 0.3) is 0 Å². The van der Waals surface area contributed by atoms with Gasteiger partial charge in [-0.3, -0.25) is 0 Å². The predicted molar refractivity (Wildman–Crippen MR) is 88.6 cm³/mol. The van der Waals surface area contributed by atoms with E-state index in [0.717, 1.165) is 11.1 Å². The monoisotopic (exact) mass is 306 g/mol. The lowest BCUT2D eigenvalue weighted by atomic mass is 10.1. The van der Waals surface area contributed by atoms with Crippen LogP contribution in [0, 0.1) is 6.92 Å². The normalized spacial score (nSPS) is 11.9. The number of carbonyl (C=O) groups is 1. The summed E-state index contributed by atoms with van der Waals surface area (Å²) in [7, 11) is 0. The molecule has 0 amide bonds. The molecule has 4 nitrogen and oxygen atoms in total. The van der Waals surface area contributed by atoms with Gasteiger partial charge in [0.15, 0.2) is 0 Å². The van der Waals surface area contributed by atoms with Gasteiger partial charge in [-0.1, -0.05) is 48.5 Å². The number of benzene rings is 2. The smallest absolute Gasteiger partial charge is 0.362 e. The summed E-state index contributed by atoms with van der Waals surface area (Å²) in [5.74, 6) is 0.164. The van der Waals surface area contributed by atoms with Gasteiger partial charge < -0.3 is 9.30 Å². The van der Waals surface area contributed by atoms with Crippen LogP contribution < -0.4 is 4.74 Å². The zero-order valence-electron chi connectivity index (χ0n) is 13.1. The number of aromatic nitrogens is 2. The van der Waals surface area contributed by atoms with E-state index in [9.17, 15) is 4.79 Å². The van der Waals surface area contributed by atoms with Gasteiger partial charge in [0.2, 0.25) is 0 Å². The van der Waals surface area contributed by atoms with Crippen LogP contribution in [-0.2, 0) is 0 Å². The van der Waals surface area contributed by atoms with E-state index in [1.807, 2.05) is 66.9 Å². The highest BCUT2D eigenvalue weighted by molar-refractivity contribution is 5.89. The van der Waals surface area contributed by atoms with Crippen molar-refractivity contribution >= 4 is 5.97 Å². The van der Waals surface area contributed by atoms with E-state index in [1.165, 1.54) is 0 Å². The summed E-state index contributed by atoms with van der Waals surface area (Å²) in [6, 6.07) is 17.4. The molecule has 2 aromatic carbocycles. The summed E-state index contributed by atoms with van der Waals surface area (Å²) >= 11 is 0. The van der Waals surface area contributed by atoms with Crippen molar-refractivity contribution in [2.75, 3.05) is 0 Å². The number of aryl methyl sites for hydroxylation is 1. The molecule has 0 saturated carbocycles. The number of carbonyl (C=O) groups excluding carboxylic acids is 1. The first-order chi connectivity index (χ1) is 11.2. The van der Waals surface area contributed by atoms with E-state index in [4.69, 9.17) is 4.74 Å². The first-order valence-corrected chi connectivity index (χ1v) is 7.51. The zero-order chi connectivity index (χ0) is 16.2. The van der Waals surface area contributed by atoms with Crippen LogP contribution in [0.2, 0.25) is 0 Å². The highest BCUT2D eigenvalue weighted by Crippen LogP contribution is 2.22. The van der Waals surface area contributed by atoms with Crippen LogP contribution in [0.3, 0.4) is 0 Å². The van der Waals surface area contributed by atoms with Crippen molar-refractivity contribution in [2.24, 2.45) is 0 Å². The van der Waals surface area contributed by atoms with Crippen LogP contribution in [0.25, 0.3) is 0 Å². The fourth-order valence-corrected chi connectivity index (χ4v) is 2.49. The Bertz CT molecular complexity index is 809. The number of ether oxygens (including phenoxy) is 1. The molecular formula is C19H18N2O2. The molecule has 1 atom stereocenters. The SMILES string of the molecule is Cc1ccccc1OC(=O)c1cncn1[C@H](C)c1ccccc1. The van der Waals surface area contributed by atoms with Crippen LogP contribution in [0.5, 0.6) is 5.75 Å². The second kappa shape index (κ2) is 6.48. The second-order valence-corrected chi connectivity index (χ2v) is 5.43. The summed E-state index contributed by atoms with van der Waals surface area (Å²) in [6.07, 6.45) is 3.20. The number of imidazole rings is 1. The van der Waals surface area contributed by atoms with Crippen molar-refractivity contribution in [1.29, 1.82) is 0 Å². The summed E-state index contributed by atoms with van der Waals surface area (Å²) in [6.45, 7) is 3.94. The van der Waals surface area contributed by atoms with Gasteiger partial charge in [-0.25, -0.2) is 9.78 Å². The lowest BCUT2D eigenvalue weighted by molar-refractivity contribution is 0.0721. The van der Waals surface area contributed by atoms with E-state index < -0.39 is 5.97 Å². The van der Waals surface area contributed by atoms with Gasteiger partial charge in [0.05, 0.1) is 18.6 Å². The third-order valence-corrected chi connectivity index (χ3v) is 3.87. The second-order valence-electron chi connectivity index (χ2n) is 5.43. The number of nitrogens with zero attached hydrogens (tertiary/aromatic N) is 2. The molecule has 23 heavy (non-hydrogen) atoms. The van der Waals surface area contributed by atoms with E-state index in [2.05, 4.69) is 4.98 Å². The van der Waals surface area contributed by atoms with Gasteiger partial charge >= 0.3 is 5.97 Å². The molecule has 0 spiro atoms. The molecule has 1 heterocycles. The Morgan fingerprint density at radius 3 is 2.52 bits per heavy atom. The molecule has 0 fully saturated rings. The number of esters is 1. The third-order valence-electron chi connectivity index (χ3n) is 3.87. The fourth-order valence-electron chi connectivity index (χ4n) is 2.49. The zero-order valence-corrected chi connectivity index (χ0v) is 13.1. The van der Waals surface area contributed by atoms with Crippen molar-refractivity contribution < 1.29 is 9.53 Å². The summed E-state index contributed by atoms with van der Waals surface area (Å²) in [5, 5.41) is 0. The molecule has 0 radical (unpaired) electrons. The molecular weight excluding hydrogens is 288 g/mol. The van der Waals surface area contributed by atoms with Crippen LogP contribution in [0.4, 0.5) is 0 Å². The quantitative estimate of drug-likeness (QED) is 0.540. The molecule has 3 rings (SSSR count). The van der Waals surface area contributed by atoms with Gasteiger partial charge in [-0.15, -0.1) is 0 Å². The molecule has 1 aromatic heterocycles. The molecule has 0 saturated heterocycles. The molecule has 0 aliphatic heterocycles. The standard InChI is InChI=1S/C19H18N2O2/c1-14-8-6-7-11-18(14)23-19(22)17-12-20-13-21(17)15(2)16-9-4-3-5-10-16/h3-13,15H,1-2H3/t15-/m1/s1. The Morgan fingerprint density at radius 1 is 1.09 bits per heavy atom. The highest BCUT2D eigenvalue weighted by atomic mass is 16.5. The molecule has 0 bridgehead atoms. The molecule has 0 aliphatic rings.